The van der Waals surface area contributed by atoms with Crippen LogP contribution in [0.25, 0.3) is 5.69 Å². The molecule has 8 nitrogen and oxygen atoms in total. The Morgan fingerprint density at radius 2 is 2.24 bits per heavy atom. The smallest absolute Gasteiger partial charge is 0.318 e. The van der Waals surface area contributed by atoms with Gasteiger partial charge in [-0.25, -0.2) is 9.48 Å². The van der Waals surface area contributed by atoms with Gasteiger partial charge >= 0.3 is 6.03 Å². The second kappa shape index (κ2) is 7.69. The lowest BCUT2D eigenvalue weighted by Gasteiger charge is -2.19. The number of urea groups is 1. The minimum atomic E-state index is -0.248. The summed E-state index contributed by atoms with van der Waals surface area (Å²) in [4.78, 5) is 25.3. The predicted molar refractivity (Wildman–Crippen MR) is 91.6 cm³/mol. The molecule has 0 radical (unpaired) electrons. The molecule has 0 aliphatic carbocycles. The second-order valence-electron chi connectivity index (χ2n) is 5.75. The first-order valence-electron chi connectivity index (χ1n) is 8.14. The van der Waals surface area contributed by atoms with Crippen molar-refractivity contribution < 1.29 is 14.3 Å². The Morgan fingerprint density at radius 3 is 3.08 bits per heavy atom. The summed E-state index contributed by atoms with van der Waals surface area (Å²) in [5.41, 5.74) is 1.69. The predicted octanol–water partition coefficient (Wildman–Crippen LogP) is 0.912. The van der Waals surface area contributed by atoms with E-state index in [-0.39, 0.29) is 18.5 Å². The Kier molecular flexibility index (Phi) is 5.17. The molecule has 0 bridgehead atoms. The molecule has 1 aromatic heterocycles. The number of carbonyl (C=O) groups excluding carboxylic acids is 2. The van der Waals surface area contributed by atoms with E-state index < -0.39 is 0 Å². The van der Waals surface area contributed by atoms with Gasteiger partial charge in [0.1, 0.15) is 18.0 Å². The van der Waals surface area contributed by atoms with Crippen molar-refractivity contribution in [1.29, 1.82) is 0 Å². The summed E-state index contributed by atoms with van der Waals surface area (Å²) in [7, 11) is 1.61. The van der Waals surface area contributed by atoms with Gasteiger partial charge in [0.25, 0.3) is 0 Å². The van der Waals surface area contributed by atoms with Crippen LogP contribution < -0.4 is 15.4 Å². The summed E-state index contributed by atoms with van der Waals surface area (Å²) in [6.07, 6.45) is 4.29. The third kappa shape index (κ3) is 4.09. The molecule has 0 saturated carbocycles. The number of carbonyl (C=O) groups is 2. The molecule has 2 heterocycles. The van der Waals surface area contributed by atoms with E-state index in [1.807, 2.05) is 30.5 Å². The molecule has 1 fully saturated rings. The van der Waals surface area contributed by atoms with Crippen molar-refractivity contribution in [2.75, 3.05) is 26.7 Å². The largest absolute Gasteiger partial charge is 0.494 e. The molecule has 1 aromatic carbocycles. The van der Waals surface area contributed by atoms with Gasteiger partial charge in [-0.1, -0.05) is 12.1 Å². The Morgan fingerprint density at radius 1 is 1.40 bits per heavy atom. The number of amides is 3. The van der Waals surface area contributed by atoms with Gasteiger partial charge in [-0.05, 0) is 18.6 Å². The highest BCUT2D eigenvalue weighted by Crippen LogP contribution is 2.21. The number of nitrogens with zero attached hydrogens (tertiary/aromatic N) is 3. The standard InChI is InChI=1S/C17H21N5O3/c1-25-15-6-3-2-5-14(15)22-11-13(10-20-22)9-19-17(24)21-8-4-7-18-16(23)12-21/h2-3,5-6,10-11H,4,7-9,12H2,1H3,(H,18,23)(H,19,24). The first-order valence-corrected chi connectivity index (χ1v) is 8.14. The molecule has 0 atom stereocenters. The molecule has 1 saturated heterocycles. The van der Waals surface area contributed by atoms with Gasteiger partial charge in [-0.15, -0.1) is 0 Å². The lowest BCUT2D eigenvalue weighted by molar-refractivity contribution is -0.121. The van der Waals surface area contributed by atoms with Crippen LogP contribution in [0.1, 0.15) is 12.0 Å². The number of aromatic nitrogens is 2. The molecule has 3 amide bonds. The molecular formula is C17H21N5O3. The van der Waals surface area contributed by atoms with Crippen LogP contribution in [0.3, 0.4) is 0 Å². The third-order valence-electron chi connectivity index (χ3n) is 3.96. The fraction of sp³-hybridized carbons (Fsp3) is 0.353. The van der Waals surface area contributed by atoms with Crippen LogP contribution in [0.4, 0.5) is 4.79 Å². The molecule has 1 aliphatic heterocycles. The molecule has 1 aliphatic rings. The van der Waals surface area contributed by atoms with Gasteiger partial charge in [-0.3, -0.25) is 4.79 Å². The van der Waals surface area contributed by atoms with Crippen molar-refractivity contribution in [1.82, 2.24) is 25.3 Å². The molecular weight excluding hydrogens is 322 g/mol. The van der Waals surface area contributed by atoms with Gasteiger partial charge in [0.2, 0.25) is 5.91 Å². The first kappa shape index (κ1) is 16.8. The third-order valence-corrected chi connectivity index (χ3v) is 3.96. The molecule has 0 spiro atoms. The van der Waals surface area contributed by atoms with E-state index in [0.29, 0.717) is 19.6 Å². The summed E-state index contributed by atoms with van der Waals surface area (Å²) >= 11 is 0. The van der Waals surface area contributed by atoms with E-state index in [1.54, 1.807) is 18.0 Å². The maximum absolute atomic E-state index is 12.2. The van der Waals surface area contributed by atoms with Gasteiger partial charge in [0.05, 0.1) is 13.3 Å². The minimum absolute atomic E-state index is 0.0896. The van der Waals surface area contributed by atoms with E-state index in [9.17, 15) is 9.59 Å². The summed E-state index contributed by atoms with van der Waals surface area (Å²) in [6, 6.07) is 7.32. The Bertz CT molecular complexity index is 758. The highest BCUT2D eigenvalue weighted by atomic mass is 16.5. The molecule has 132 valence electrons. The van der Waals surface area contributed by atoms with Crippen LogP contribution in [0, 0.1) is 0 Å². The van der Waals surface area contributed by atoms with Gasteiger partial charge in [0, 0.05) is 31.4 Å². The van der Waals surface area contributed by atoms with Crippen molar-refractivity contribution in [3.63, 3.8) is 0 Å². The van der Waals surface area contributed by atoms with Crippen LogP contribution in [0.5, 0.6) is 5.75 Å². The molecule has 2 aromatic rings. The normalized spacial score (nSPS) is 14.6. The number of hydrogen-bond donors (Lipinski definition) is 2. The van der Waals surface area contributed by atoms with E-state index in [4.69, 9.17) is 4.74 Å². The van der Waals surface area contributed by atoms with Crippen LogP contribution >= 0.6 is 0 Å². The maximum atomic E-state index is 12.2. The van der Waals surface area contributed by atoms with Gasteiger partial charge in [0.15, 0.2) is 0 Å². The van der Waals surface area contributed by atoms with Crippen LogP contribution in [0.15, 0.2) is 36.7 Å². The van der Waals surface area contributed by atoms with E-state index in [0.717, 1.165) is 23.4 Å². The van der Waals surface area contributed by atoms with Crippen molar-refractivity contribution in [3.05, 3.63) is 42.2 Å². The number of ether oxygens (including phenoxy) is 1. The Hall–Kier alpha value is -3.03. The van der Waals surface area contributed by atoms with Crippen LogP contribution in [-0.4, -0.2) is 53.4 Å². The number of benzene rings is 1. The van der Waals surface area contributed by atoms with E-state index in [1.165, 1.54) is 4.90 Å². The fourth-order valence-electron chi connectivity index (χ4n) is 2.67. The van der Waals surface area contributed by atoms with Crippen molar-refractivity contribution in [2.24, 2.45) is 0 Å². The average Bonchev–Trinajstić information content (AvgIpc) is 3.00. The molecule has 2 N–H and O–H groups in total. The number of methoxy groups -OCH3 is 1. The van der Waals surface area contributed by atoms with Crippen LogP contribution in [0.2, 0.25) is 0 Å². The lowest BCUT2D eigenvalue weighted by atomic mass is 10.3. The Labute approximate surface area is 145 Å². The number of nitrogens with one attached hydrogen (secondary N) is 2. The zero-order valence-electron chi connectivity index (χ0n) is 14.1. The van der Waals surface area contributed by atoms with Crippen LogP contribution in [-0.2, 0) is 11.3 Å². The van der Waals surface area contributed by atoms with Gasteiger partial charge in [-0.2, -0.15) is 5.10 Å². The van der Waals surface area contributed by atoms with Crippen molar-refractivity contribution in [3.8, 4) is 11.4 Å². The summed E-state index contributed by atoms with van der Waals surface area (Å²) in [5.74, 6) is 0.591. The topological polar surface area (TPSA) is 88.5 Å². The zero-order chi connectivity index (χ0) is 17.6. The SMILES string of the molecule is COc1ccccc1-n1cc(CNC(=O)N2CCCNC(=O)C2)cn1. The van der Waals surface area contributed by atoms with Gasteiger partial charge < -0.3 is 20.3 Å². The summed E-state index contributed by atoms with van der Waals surface area (Å²) in [5, 5.41) is 9.90. The summed E-state index contributed by atoms with van der Waals surface area (Å²) < 4.78 is 7.04. The molecule has 3 rings (SSSR count). The van der Waals surface area contributed by atoms with Crippen molar-refractivity contribution >= 4 is 11.9 Å². The zero-order valence-corrected chi connectivity index (χ0v) is 14.1. The first-order chi connectivity index (χ1) is 12.2. The Balaban J connectivity index is 1.62. The fourth-order valence-corrected chi connectivity index (χ4v) is 2.67. The van der Waals surface area contributed by atoms with E-state index in [2.05, 4.69) is 15.7 Å². The lowest BCUT2D eigenvalue weighted by Crippen LogP contribution is -2.43. The second-order valence-corrected chi connectivity index (χ2v) is 5.75. The number of hydrogen-bond acceptors (Lipinski definition) is 4. The molecule has 8 heteroatoms. The highest BCUT2D eigenvalue weighted by molar-refractivity contribution is 5.84. The van der Waals surface area contributed by atoms with E-state index >= 15 is 0 Å². The monoisotopic (exact) mass is 343 g/mol. The molecule has 25 heavy (non-hydrogen) atoms. The summed E-state index contributed by atoms with van der Waals surface area (Å²) in [6.45, 7) is 1.59. The quantitative estimate of drug-likeness (QED) is 0.864. The number of rotatable bonds is 4. The highest BCUT2D eigenvalue weighted by Gasteiger charge is 2.19. The molecule has 0 unspecified atom stereocenters. The minimum Gasteiger partial charge on any atom is -0.494 e. The van der Waals surface area contributed by atoms with Crippen molar-refractivity contribution in [2.45, 2.75) is 13.0 Å². The number of para-hydroxylation sites is 2. The maximum Gasteiger partial charge on any atom is 0.318 e. The average molecular weight is 343 g/mol.